The Morgan fingerprint density at radius 1 is 1.30 bits per heavy atom. The van der Waals surface area contributed by atoms with Gasteiger partial charge < -0.3 is 14.3 Å². The molecular weight excluding hydrogens is 443 g/mol. The van der Waals surface area contributed by atoms with Gasteiger partial charge in [0.25, 0.3) is 0 Å². The maximum Gasteiger partial charge on any atom is 0.235 e. The number of nitrogens with zero attached hydrogens (tertiary/aromatic N) is 1. The van der Waals surface area contributed by atoms with Crippen molar-refractivity contribution in [2.75, 3.05) is 16.7 Å². The first-order chi connectivity index (χ1) is 12.4. The number of aliphatic hydroxyl groups excluding tert-OH is 1. The molecule has 1 aromatic heterocycles. The predicted octanol–water partition coefficient (Wildman–Crippen LogP) is 2.89. The van der Waals surface area contributed by atoms with Gasteiger partial charge in [0.05, 0.1) is 30.2 Å². The normalized spacial score (nSPS) is 19.9. The van der Waals surface area contributed by atoms with Gasteiger partial charge in [-0.15, -0.1) is 6.07 Å². The molecule has 1 N–H and O–H groups in total. The third kappa shape index (κ3) is 5.42. The van der Waals surface area contributed by atoms with Crippen LogP contribution in [0.5, 0.6) is 0 Å². The maximum atomic E-state index is 12.5. The molecule has 0 aliphatic carbocycles. The molecule has 0 saturated carbocycles. The van der Waals surface area contributed by atoms with Crippen molar-refractivity contribution in [1.29, 1.82) is 0 Å². The van der Waals surface area contributed by atoms with Crippen LogP contribution in [0.4, 0.5) is 5.69 Å². The Morgan fingerprint density at radius 3 is 2.59 bits per heavy atom. The Labute approximate surface area is 185 Å². The van der Waals surface area contributed by atoms with E-state index in [9.17, 15) is 13.5 Å². The second-order valence-electron chi connectivity index (χ2n) is 6.87. The molecule has 0 bridgehead atoms. The van der Waals surface area contributed by atoms with E-state index in [1.165, 1.54) is 4.31 Å². The molecule has 0 spiro atoms. The summed E-state index contributed by atoms with van der Waals surface area (Å²) in [6, 6.07) is 10.2. The van der Waals surface area contributed by atoms with Crippen LogP contribution in [-0.4, -0.2) is 31.9 Å². The number of aliphatic hydroxyl groups is 1. The van der Waals surface area contributed by atoms with Gasteiger partial charge in [-0.05, 0) is 42.1 Å². The fourth-order valence-corrected chi connectivity index (χ4v) is 4.93. The summed E-state index contributed by atoms with van der Waals surface area (Å²) in [6.45, 7) is 4.45. The van der Waals surface area contributed by atoms with E-state index >= 15 is 0 Å². The van der Waals surface area contributed by atoms with Crippen molar-refractivity contribution in [3.63, 3.8) is 0 Å². The van der Waals surface area contributed by atoms with Gasteiger partial charge >= 0.3 is 0 Å². The number of anilines is 1. The molecule has 8 heteroatoms. The van der Waals surface area contributed by atoms with Crippen molar-refractivity contribution < 1.29 is 55.4 Å². The zero-order valence-corrected chi connectivity index (χ0v) is 19.2. The Hall–Kier alpha value is -0.726. The summed E-state index contributed by atoms with van der Waals surface area (Å²) >= 11 is 0. The van der Waals surface area contributed by atoms with Crippen LogP contribution in [0.15, 0.2) is 40.8 Å². The first kappa shape index (κ1) is 22.6. The van der Waals surface area contributed by atoms with Crippen molar-refractivity contribution in [2.45, 2.75) is 39.0 Å². The van der Waals surface area contributed by atoms with Gasteiger partial charge in [-0.1, -0.05) is 26.0 Å². The maximum absolute atomic E-state index is 12.5. The van der Waals surface area contributed by atoms with E-state index in [1.807, 2.05) is 13.8 Å². The molecular formula is C19H24NO5SY-. The predicted molar refractivity (Wildman–Crippen MR) is 98.1 cm³/mol. The molecule has 2 heterocycles. The summed E-state index contributed by atoms with van der Waals surface area (Å²) in [6.07, 6.45) is 2.55. The summed E-state index contributed by atoms with van der Waals surface area (Å²) in [4.78, 5) is 0. The smallest absolute Gasteiger partial charge is 0.235 e. The summed E-state index contributed by atoms with van der Waals surface area (Å²) in [5.74, 6) is 0.854. The van der Waals surface area contributed by atoms with E-state index in [-0.39, 0.29) is 63.6 Å². The van der Waals surface area contributed by atoms with E-state index in [4.69, 9.17) is 9.15 Å². The standard InChI is InChI=1S/C19H24NO5S.Y/c1-14(2)19(21)15-5-7-16(8-6-15)20-17(9-11-26(20,22)23)12-24-13-18-4-3-10-25-18;/h3-8,14,17,19,21H,9,11-13H2,1-2H3;/q-1;. The van der Waals surface area contributed by atoms with E-state index in [0.717, 1.165) is 5.56 Å². The molecule has 1 aromatic carbocycles. The number of hydrogen-bond acceptors (Lipinski definition) is 5. The van der Waals surface area contributed by atoms with Crippen molar-refractivity contribution in [3.05, 3.63) is 54.0 Å². The third-order valence-electron chi connectivity index (χ3n) is 4.54. The Balaban J connectivity index is 0.00000261. The quantitative estimate of drug-likeness (QED) is 0.634. The van der Waals surface area contributed by atoms with Gasteiger partial charge in [0.1, 0.15) is 0 Å². The average Bonchev–Trinajstić information content (AvgIpc) is 3.22. The minimum Gasteiger partial charge on any atom is -0.593 e. The number of ether oxygens (including phenoxy) is 1. The van der Waals surface area contributed by atoms with Crippen LogP contribution in [-0.2, 0) is 54.1 Å². The fraction of sp³-hybridized carbons (Fsp3) is 0.474. The third-order valence-corrected chi connectivity index (χ3v) is 6.40. The van der Waals surface area contributed by atoms with Crippen LogP contribution in [0.25, 0.3) is 0 Å². The second-order valence-corrected chi connectivity index (χ2v) is 8.83. The largest absolute Gasteiger partial charge is 0.593 e. The van der Waals surface area contributed by atoms with Gasteiger partial charge in [-0.25, -0.2) is 8.42 Å². The Kier molecular flexibility index (Phi) is 8.07. The minimum absolute atomic E-state index is 0. The van der Waals surface area contributed by atoms with Crippen molar-refractivity contribution in [2.24, 2.45) is 5.92 Å². The Morgan fingerprint density at radius 2 is 2.00 bits per heavy atom. The van der Waals surface area contributed by atoms with Crippen LogP contribution in [0.3, 0.4) is 0 Å². The molecule has 3 rings (SSSR count). The SMILES string of the molecule is CC(C)C(O)c1ccc(N2C(COCc3cc[c-]o3)CCS2(=O)=O)cc1.[Y]. The molecule has 6 nitrogen and oxygen atoms in total. The molecule has 0 amide bonds. The summed E-state index contributed by atoms with van der Waals surface area (Å²) in [7, 11) is -3.36. The van der Waals surface area contributed by atoms with Crippen LogP contribution < -0.4 is 4.31 Å². The van der Waals surface area contributed by atoms with Gasteiger partial charge in [-0.2, -0.15) is 6.07 Å². The van der Waals surface area contributed by atoms with Gasteiger partial charge in [0.2, 0.25) is 10.0 Å². The molecule has 1 saturated heterocycles. The second kappa shape index (κ2) is 9.65. The first-order valence-electron chi connectivity index (χ1n) is 8.71. The molecule has 1 aliphatic heterocycles. The van der Waals surface area contributed by atoms with Gasteiger partial charge in [0.15, 0.2) is 0 Å². The molecule has 2 unspecified atom stereocenters. The Bertz CT molecular complexity index is 805. The topological polar surface area (TPSA) is 80.0 Å². The van der Waals surface area contributed by atoms with Crippen LogP contribution >= 0.6 is 0 Å². The van der Waals surface area contributed by atoms with E-state index in [2.05, 4.69) is 6.26 Å². The number of benzene rings is 1. The summed E-state index contributed by atoms with van der Waals surface area (Å²) in [5.41, 5.74) is 1.38. The molecule has 1 fully saturated rings. The molecule has 145 valence electrons. The van der Waals surface area contributed by atoms with Crippen molar-refractivity contribution >= 4 is 15.7 Å². The fourth-order valence-electron chi connectivity index (χ4n) is 3.10. The zero-order valence-electron chi connectivity index (χ0n) is 15.5. The van der Waals surface area contributed by atoms with E-state index < -0.39 is 16.1 Å². The van der Waals surface area contributed by atoms with E-state index in [0.29, 0.717) is 17.9 Å². The monoisotopic (exact) mass is 467 g/mol. The summed E-state index contributed by atoms with van der Waals surface area (Å²) in [5, 5.41) is 10.2. The number of furan rings is 1. The minimum atomic E-state index is -3.36. The molecule has 2 atom stereocenters. The summed E-state index contributed by atoms with van der Waals surface area (Å²) < 4.78 is 37.2. The zero-order chi connectivity index (χ0) is 18.7. The van der Waals surface area contributed by atoms with Gasteiger partial charge in [0, 0.05) is 39.3 Å². The molecule has 2 aromatic rings. The van der Waals surface area contributed by atoms with Gasteiger partial charge in [-0.3, -0.25) is 4.31 Å². The average molecular weight is 467 g/mol. The van der Waals surface area contributed by atoms with Crippen molar-refractivity contribution in [1.82, 2.24) is 0 Å². The number of sulfonamides is 1. The van der Waals surface area contributed by atoms with Crippen LogP contribution in [0, 0.1) is 12.2 Å². The molecule has 1 aliphatic rings. The molecule has 1 radical (unpaired) electrons. The molecule has 27 heavy (non-hydrogen) atoms. The number of rotatable bonds is 7. The van der Waals surface area contributed by atoms with Crippen LogP contribution in [0.1, 0.15) is 37.7 Å². The van der Waals surface area contributed by atoms with Crippen molar-refractivity contribution in [3.8, 4) is 0 Å². The first-order valence-corrected chi connectivity index (χ1v) is 10.3. The number of hydrogen-bond donors (Lipinski definition) is 1. The van der Waals surface area contributed by atoms with Crippen LogP contribution in [0.2, 0.25) is 0 Å². The van der Waals surface area contributed by atoms with E-state index in [1.54, 1.807) is 36.4 Å².